The summed E-state index contributed by atoms with van der Waals surface area (Å²) in [5.41, 5.74) is 1.41. The van der Waals surface area contributed by atoms with Crippen molar-refractivity contribution in [2.45, 2.75) is 39.7 Å². The van der Waals surface area contributed by atoms with Crippen LogP contribution in [0.5, 0.6) is 0 Å². The SMILES string of the molecule is CCC(C)=CC(CC)OC. The highest BCUT2D eigenvalue weighted by Crippen LogP contribution is 2.05. The first kappa shape index (κ1) is 9.70. The summed E-state index contributed by atoms with van der Waals surface area (Å²) in [6.45, 7) is 6.43. The molecular formula is C9H18O. The van der Waals surface area contributed by atoms with Gasteiger partial charge >= 0.3 is 0 Å². The van der Waals surface area contributed by atoms with Crippen molar-refractivity contribution < 1.29 is 4.74 Å². The summed E-state index contributed by atoms with van der Waals surface area (Å²) in [6.07, 6.45) is 4.70. The fourth-order valence-corrected chi connectivity index (χ4v) is 0.788. The van der Waals surface area contributed by atoms with Crippen molar-refractivity contribution in [1.82, 2.24) is 0 Å². The number of rotatable bonds is 4. The third-order valence-corrected chi connectivity index (χ3v) is 1.73. The highest BCUT2D eigenvalue weighted by atomic mass is 16.5. The second-order valence-corrected chi connectivity index (χ2v) is 2.55. The van der Waals surface area contributed by atoms with Gasteiger partial charge in [0.25, 0.3) is 0 Å². The van der Waals surface area contributed by atoms with E-state index < -0.39 is 0 Å². The van der Waals surface area contributed by atoms with Crippen molar-refractivity contribution in [2.75, 3.05) is 7.11 Å². The molecule has 0 aliphatic carbocycles. The van der Waals surface area contributed by atoms with Gasteiger partial charge in [0.2, 0.25) is 0 Å². The normalized spacial score (nSPS) is 15.4. The van der Waals surface area contributed by atoms with E-state index in [4.69, 9.17) is 4.74 Å². The van der Waals surface area contributed by atoms with Crippen LogP contribution < -0.4 is 0 Å². The zero-order valence-corrected chi connectivity index (χ0v) is 7.48. The molecule has 0 saturated carbocycles. The lowest BCUT2D eigenvalue weighted by molar-refractivity contribution is 0.137. The summed E-state index contributed by atoms with van der Waals surface area (Å²) in [7, 11) is 1.76. The van der Waals surface area contributed by atoms with Gasteiger partial charge in [-0.3, -0.25) is 0 Å². The minimum absolute atomic E-state index is 0.319. The molecule has 0 fully saturated rings. The smallest absolute Gasteiger partial charge is 0.0751 e. The van der Waals surface area contributed by atoms with Gasteiger partial charge in [0.05, 0.1) is 6.10 Å². The number of hydrogen-bond acceptors (Lipinski definition) is 1. The van der Waals surface area contributed by atoms with Gasteiger partial charge in [0.15, 0.2) is 0 Å². The van der Waals surface area contributed by atoms with Crippen molar-refractivity contribution in [3.8, 4) is 0 Å². The average molecular weight is 142 g/mol. The van der Waals surface area contributed by atoms with Gasteiger partial charge in [-0.25, -0.2) is 0 Å². The Morgan fingerprint density at radius 2 is 2.10 bits per heavy atom. The number of allylic oxidation sites excluding steroid dienone is 1. The Kier molecular flexibility index (Phi) is 5.32. The molecule has 0 amide bonds. The third-order valence-electron chi connectivity index (χ3n) is 1.73. The molecule has 0 aliphatic heterocycles. The molecule has 0 aromatic heterocycles. The maximum atomic E-state index is 5.20. The van der Waals surface area contributed by atoms with Gasteiger partial charge in [-0.05, 0) is 19.8 Å². The lowest BCUT2D eigenvalue weighted by Crippen LogP contribution is -2.04. The molecule has 0 aliphatic rings. The van der Waals surface area contributed by atoms with Crippen LogP contribution in [-0.4, -0.2) is 13.2 Å². The minimum Gasteiger partial charge on any atom is -0.377 e. The van der Waals surface area contributed by atoms with Crippen LogP contribution in [0, 0.1) is 0 Å². The fourth-order valence-electron chi connectivity index (χ4n) is 0.788. The first-order valence-electron chi connectivity index (χ1n) is 3.94. The van der Waals surface area contributed by atoms with Gasteiger partial charge in [0.1, 0.15) is 0 Å². The van der Waals surface area contributed by atoms with Gasteiger partial charge in [0, 0.05) is 7.11 Å². The predicted molar refractivity (Wildman–Crippen MR) is 45.1 cm³/mol. The zero-order chi connectivity index (χ0) is 7.98. The molecule has 0 aromatic carbocycles. The monoisotopic (exact) mass is 142 g/mol. The van der Waals surface area contributed by atoms with Gasteiger partial charge < -0.3 is 4.74 Å². The molecule has 0 heterocycles. The molecule has 0 saturated heterocycles. The summed E-state index contributed by atoms with van der Waals surface area (Å²) < 4.78 is 5.20. The Balaban J connectivity index is 3.80. The van der Waals surface area contributed by atoms with Crippen LogP contribution in [0.2, 0.25) is 0 Å². The molecule has 0 aromatic rings. The Morgan fingerprint density at radius 3 is 2.40 bits per heavy atom. The van der Waals surface area contributed by atoms with E-state index in [1.807, 2.05) is 0 Å². The van der Waals surface area contributed by atoms with Crippen LogP contribution in [0.15, 0.2) is 11.6 Å². The van der Waals surface area contributed by atoms with Crippen molar-refractivity contribution in [1.29, 1.82) is 0 Å². The van der Waals surface area contributed by atoms with E-state index in [0.717, 1.165) is 12.8 Å². The van der Waals surface area contributed by atoms with E-state index >= 15 is 0 Å². The van der Waals surface area contributed by atoms with E-state index in [0.29, 0.717) is 6.10 Å². The standard InChI is InChI=1S/C9H18O/c1-5-8(3)7-9(6-2)10-4/h7,9H,5-6H2,1-4H3. The first-order chi connectivity index (χ1) is 4.74. The predicted octanol–water partition coefficient (Wildman–Crippen LogP) is 2.77. The summed E-state index contributed by atoms with van der Waals surface area (Å²) >= 11 is 0. The van der Waals surface area contributed by atoms with Crippen LogP contribution in [-0.2, 0) is 4.74 Å². The van der Waals surface area contributed by atoms with Crippen molar-refractivity contribution in [2.24, 2.45) is 0 Å². The summed E-state index contributed by atoms with van der Waals surface area (Å²) in [6, 6.07) is 0. The Hall–Kier alpha value is -0.300. The van der Waals surface area contributed by atoms with Crippen LogP contribution in [0.4, 0.5) is 0 Å². The second kappa shape index (κ2) is 5.48. The van der Waals surface area contributed by atoms with Crippen molar-refractivity contribution >= 4 is 0 Å². The largest absolute Gasteiger partial charge is 0.377 e. The maximum absolute atomic E-state index is 5.20. The van der Waals surface area contributed by atoms with Crippen LogP contribution in [0.25, 0.3) is 0 Å². The highest BCUT2D eigenvalue weighted by Gasteiger charge is 1.97. The molecule has 0 spiro atoms. The fraction of sp³-hybridized carbons (Fsp3) is 0.778. The van der Waals surface area contributed by atoms with E-state index in [1.165, 1.54) is 5.57 Å². The Labute approximate surface area is 64.1 Å². The minimum atomic E-state index is 0.319. The van der Waals surface area contributed by atoms with E-state index in [1.54, 1.807) is 7.11 Å². The first-order valence-corrected chi connectivity index (χ1v) is 3.94. The summed E-state index contributed by atoms with van der Waals surface area (Å²) in [5.74, 6) is 0. The Bertz CT molecular complexity index is 101. The zero-order valence-electron chi connectivity index (χ0n) is 7.48. The van der Waals surface area contributed by atoms with Crippen LogP contribution in [0.3, 0.4) is 0 Å². The molecule has 60 valence electrons. The summed E-state index contributed by atoms with van der Waals surface area (Å²) in [4.78, 5) is 0. The van der Waals surface area contributed by atoms with Crippen molar-refractivity contribution in [3.63, 3.8) is 0 Å². The van der Waals surface area contributed by atoms with Gasteiger partial charge in [-0.15, -0.1) is 0 Å². The molecule has 1 heteroatoms. The van der Waals surface area contributed by atoms with E-state index in [9.17, 15) is 0 Å². The third kappa shape index (κ3) is 3.67. The number of ether oxygens (including phenoxy) is 1. The quantitative estimate of drug-likeness (QED) is 0.548. The van der Waals surface area contributed by atoms with Crippen LogP contribution >= 0.6 is 0 Å². The van der Waals surface area contributed by atoms with Crippen molar-refractivity contribution in [3.05, 3.63) is 11.6 Å². The second-order valence-electron chi connectivity index (χ2n) is 2.55. The van der Waals surface area contributed by atoms with Crippen LogP contribution in [0.1, 0.15) is 33.6 Å². The van der Waals surface area contributed by atoms with Gasteiger partial charge in [-0.2, -0.15) is 0 Å². The molecule has 0 bridgehead atoms. The topological polar surface area (TPSA) is 9.23 Å². The highest BCUT2D eigenvalue weighted by molar-refractivity contribution is 5.00. The lowest BCUT2D eigenvalue weighted by Gasteiger charge is -2.08. The number of hydrogen-bond donors (Lipinski definition) is 0. The van der Waals surface area contributed by atoms with E-state index in [2.05, 4.69) is 26.8 Å². The Morgan fingerprint density at radius 1 is 1.50 bits per heavy atom. The average Bonchev–Trinajstić information content (AvgIpc) is 1.99. The molecule has 1 nitrogen and oxygen atoms in total. The molecule has 0 rings (SSSR count). The lowest BCUT2D eigenvalue weighted by atomic mass is 10.1. The molecule has 0 radical (unpaired) electrons. The van der Waals surface area contributed by atoms with E-state index in [-0.39, 0.29) is 0 Å². The molecule has 1 atom stereocenters. The molecular weight excluding hydrogens is 124 g/mol. The molecule has 0 N–H and O–H groups in total. The molecule has 10 heavy (non-hydrogen) atoms. The maximum Gasteiger partial charge on any atom is 0.0751 e. The molecule has 1 unspecified atom stereocenters. The number of methoxy groups -OCH3 is 1. The van der Waals surface area contributed by atoms with Gasteiger partial charge in [-0.1, -0.05) is 25.5 Å². The summed E-state index contributed by atoms with van der Waals surface area (Å²) in [5, 5.41) is 0.